The first-order chi connectivity index (χ1) is 9.33. The number of ether oxygens (including phenoxy) is 1. The first kappa shape index (κ1) is 16.9. The summed E-state index contributed by atoms with van der Waals surface area (Å²) in [5.74, 6) is -0.638. The van der Waals surface area contributed by atoms with Gasteiger partial charge in [0.1, 0.15) is 0 Å². The summed E-state index contributed by atoms with van der Waals surface area (Å²) in [6.07, 6.45) is 0.803. The molecule has 1 aromatic carbocycles. The van der Waals surface area contributed by atoms with Gasteiger partial charge in [-0.05, 0) is 18.6 Å². The van der Waals surface area contributed by atoms with Crippen molar-refractivity contribution in [1.82, 2.24) is 0 Å². The highest BCUT2D eigenvalue weighted by molar-refractivity contribution is 6.37. The van der Waals surface area contributed by atoms with E-state index in [0.717, 1.165) is 0 Å². The van der Waals surface area contributed by atoms with Gasteiger partial charge in [0.15, 0.2) is 5.75 Å². The van der Waals surface area contributed by atoms with E-state index in [2.05, 4.69) is 10.1 Å². The number of benzene rings is 1. The number of halogens is 4. The quantitative estimate of drug-likeness (QED) is 0.838. The van der Waals surface area contributed by atoms with Crippen LogP contribution in [0.25, 0.3) is 0 Å². The molecule has 1 aromatic rings. The van der Waals surface area contributed by atoms with E-state index in [1.807, 2.05) is 6.92 Å². The molecular formula is C12H14Cl2F2N2O2. The van der Waals surface area contributed by atoms with E-state index < -0.39 is 6.61 Å². The minimum atomic E-state index is -3.03. The standard InChI is InChI=1S/C12H14Cl2F2N2O2/c1-2-6(17)3-10(19)18-7-4-8(13)11(9(14)5-7)20-12(15)16/h4-6,12H,2-3,17H2,1H3,(H,18,19). The van der Waals surface area contributed by atoms with Crippen LogP contribution in [0.15, 0.2) is 12.1 Å². The molecule has 0 spiro atoms. The van der Waals surface area contributed by atoms with Crippen molar-refractivity contribution in [1.29, 1.82) is 0 Å². The number of nitrogens with two attached hydrogens (primary N) is 1. The van der Waals surface area contributed by atoms with Crippen LogP contribution < -0.4 is 15.8 Å². The molecule has 0 saturated carbocycles. The van der Waals surface area contributed by atoms with Crippen LogP contribution in [-0.4, -0.2) is 18.6 Å². The number of amides is 1. The fraction of sp³-hybridized carbons (Fsp3) is 0.417. The lowest BCUT2D eigenvalue weighted by Gasteiger charge is -2.13. The molecule has 8 heteroatoms. The third-order valence-electron chi connectivity index (χ3n) is 2.46. The van der Waals surface area contributed by atoms with Crippen molar-refractivity contribution in [2.24, 2.45) is 5.73 Å². The maximum Gasteiger partial charge on any atom is 0.387 e. The van der Waals surface area contributed by atoms with Crippen LogP contribution in [0.5, 0.6) is 5.75 Å². The maximum absolute atomic E-state index is 12.2. The summed E-state index contributed by atoms with van der Waals surface area (Å²) in [4.78, 5) is 11.6. The van der Waals surface area contributed by atoms with Crippen molar-refractivity contribution < 1.29 is 18.3 Å². The first-order valence-electron chi connectivity index (χ1n) is 5.82. The smallest absolute Gasteiger partial charge is 0.387 e. The highest BCUT2D eigenvalue weighted by atomic mass is 35.5. The molecule has 4 nitrogen and oxygen atoms in total. The molecule has 1 rings (SSSR count). The van der Waals surface area contributed by atoms with Crippen molar-refractivity contribution in [2.75, 3.05) is 5.32 Å². The number of carbonyl (C=O) groups excluding carboxylic acids is 1. The molecule has 0 aliphatic carbocycles. The monoisotopic (exact) mass is 326 g/mol. The van der Waals surface area contributed by atoms with Gasteiger partial charge in [0.2, 0.25) is 5.91 Å². The third-order valence-corrected chi connectivity index (χ3v) is 3.02. The first-order valence-corrected chi connectivity index (χ1v) is 6.58. The second-order valence-corrected chi connectivity index (χ2v) is 4.88. The average molecular weight is 327 g/mol. The van der Waals surface area contributed by atoms with Gasteiger partial charge in [0.25, 0.3) is 0 Å². The molecule has 3 N–H and O–H groups in total. The van der Waals surface area contributed by atoms with Crippen LogP contribution in [0.4, 0.5) is 14.5 Å². The molecule has 0 saturated heterocycles. The summed E-state index contributed by atoms with van der Waals surface area (Å²) in [5, 5.41) is 2.30. The van der Waals surface area contributed by atoms with Crippen molar-refractivity contribution in [3.8, 4) is 5.75 Å². The molecule has 0 aliphatic heterocycles. The van der Waals surface area contributed by atoms with E-state index in [-0.39, 0.29) is 39.9 Å². The Balaban J connectivity index is 2.81. The van der Waals surface area contributed by atoms with E-state index in [1.54, 1.807) is 0 Å². The summed E-state index contributed by atoms with van der Waals surface area (Å²) >= 11 is 11.6. The maximum atomic E-state index is 12.2. The summed E-state index contributed by atoms with van der Waals surface area (Å²) < 4.78 is 28.5. The van der Waals surface area contributed by atoms with Crippen LogP contribution in [0, 0.1) is 0 Å². The minimum Gasteiger partial charge on any atom is -0.432 e. The predicted octanol–water partition coefficient (Wildman–Crippen LogP) is 3.66. The Morgan fingerprint density at radius 2 is 1.95 bits per heavy atom. The SMILES string of the molecule is CCC(N)CC(=O)Nc1cc(Cl)c(OC(F)F)c(Cl)c1. The molecule has 1 atom stereocenters. The van der Waals surface area contributed by atoms with Crippen LogP contribution in [0.2, 0.25) is 10.0 Å². The van der Waals surface area contributed by atoms with Gasteiger partial charge < -0.3 is 15.8 Å². The van der Waals surface area contributed by atoms with E-state index in [0.29, 0.717) is 6.42 Å². The van der Waals surface area contributed by atoms with E-state index in [1.165, 1.54) is 12.1 Å². The van der Waals surface area contributed by atoms with Crippen molar-refractivity contribution in [3.05, 3.63) is 22.2 Å². The Kier molecular flexibility index (Phi) is 6.45. The number of alkyl halides is 2. The summed E-state index contributed by atoms with van der Waals surface area (Å²) in [6.45, 7) is -1.17. The summed E-state index contributed by atoms with van der Waals surface area (Å²) in [5.41, 5.74) is 5.94. The molecule has 0 aliphatic rings. The van der Waals surface area contributed by atoms with Crippen molar-refractivity contribution in [3.63, 3.8) is 0 Å². The van der Waals surface area contributed by atoms with Gasteiger partial charge in [0.05, 0.1) is 10.0 Å². The van der Waals surface area contributed by atoms with Crippen molar-refractivity contribution >= 4 is 34.8 Å². The third kappa shape index (κ3) is 5.11. The average Bonchev–Trinajstić information content (AvgIpc) is 2.33. The lowest BCUT2D eigenvalue weighted by atomic mass is 10.1. The van der Waals surface area contributed by atoms with Crippen LogP contribution in [0.1, 0.15) is 19.8 Å². The molecule has 1 amide bonds. The lowest BCUT2D eigenvalue weighted by Crippen LogP contribution is -2.26. The number of hydrogen-bond acceptors (Lipinski definition) is 3. The van der Waals surface area contributed by atoms with E-state index in [4.69, 9.17) is 28.9 Å². The Bertz CT molecular complexity index is 464. The van der Waals surface area contributed by atoms with Gasteiger partial charge in [-0.15, -0.1) is 0 Å². The minimum absolute atomic E-state index is 0.118. The Morgan fingerprint density at radius 3 is 2.40 bits per heavy atom. The molecule has 0 fully saturated rings. The van der Waals surface area contributed by atoms with Gasteiger partial charge in [-0.25, -0.2) is 0 Å². The number of hydrogen-bond donors (Lipinski definition) is 2. The molecule has 20 heavy (non-hydrogen) atoms. The number of carbonyl (C=O) groups is 1. The van der Waals surface area contributed by atoms with Crippen molar-refractivity contribution in [2.45, 2.75) is 32.4 Å². The number of rotatable bonds is 6. The zero-order valence-electron chi connectivity index (χ0n) is 10.6. The summed E-state index contributed by atoms with van der Waals surface area (Å²) in [7, 11) is 0. The zero-order chi connectivity index (χ0) is 15.3. The Labute approximate surface area is 125 Å². The topological polar surface area (TPSA) is 64.4 Å². The van der Waals surface area contributed by atoms with Gasteiger partial charge >= 0.3 is 6.61 Å². The second-order valence-electron chi connectivity index (χ2n) is 4.07. The lowest BCUT2D eigenvalue weighted by molar-refractivity contribution is -0.116. The normalized spacial score (nSPS) is 12.3. The van der Waals surface area contributed by atoms with Gasteiger partial charge in [-0.3, -0.25) is 4.79 Å². The van der Waals surface area contributed by atoms with Gasteiger partial charge in [0, 0.05) is 18.2 Å². The molecule has 0 heterocycles. The van der Waals surface area contributed by atoms with Crippen LogP contribution in [-0.2, 0) is 4.79 Å². The highest BCUT2D eigenvalue weighted by Crippen LogP contribution is 2.36. The summed E-state index contributed by atoms with van der Waals surface area (Å²) in [6, 6.07) is 2.31. The molecule has 112 valence electrons. The van der Waals surface area contributed by atoms with Crippen LogP contribution >= 0.6 is 23.2 Å². The Morgan fingerprint density at radius 1 is 1.40 bits per heavy atom. The van der Waals surface area contributed by atoms with Gasteiger partial charge in [-0.1, -0.05) is 30.1 Å². The molecular weight excluding hydrogens is 313 g/mol. The number of nitrogens with one attached hydrogen (secondary N) is 1. The van der Waals surface area contributed by atoms with Crippen LogP contribution in [0.3, 0.4) is 0 Å². The molecule has 1 unspecified atom stereocenters. The molecule has 0 radical (unpaired) electrons. The van der Waals surface area contributed by atoms with E-state index in [9.17, 15) is 13.6 Å². The fourth-order valence-electron chi connectivity index (χ4n) is 1.43. The Hall–Kier alpha value is -1.11. The number of anilines is 1. The molecule has 0 aromatic heterocycles. The van der Waals surface area contributed by atoms with E-state index >= 15 is 0 Å². The predicted molar refractivity (Wildman–Crippen MR) is 74.6 cm³/mol. The molecule has 0 bridgehead atoms. The zero-order valence-corrected chi connectivity index (χ0v) is 12.1. The largest absolute Gasteiger partial charge is 0.432 e. The fourth-order valence-corrected chi connectivity index (χ4v) is 2.00. The highest BCUT2D eigenvalue weighted by Gasteiger charge is 2.15. The van der Waals surface area contributed by atoms with Gasteiger partial charge in [-0.2, -0.15) is 8.78 Å². The second kappa shape index (κ2) is 7.61.